The van der Waals surface area contributed by atoms with E-state index >= 15 is 0 Å². The Labute approximate surface area is 534 Å². The first-order valence-corrected chi connectivity index (χ1v) is 32.1. The van der Waals surface area contributed by atoms with Crippen molar-refractivity contribution in [1.29, 1.82) is 0 Å². The number of carbonyl (C=O) groups excluding carboxylic acids is 6. The van der Waals surface area contributed by atoms with E-state index in [1.807, 2.05) is 6.07 Å². The second-order valence-corrected chi connectivity index (χ2v) is 22.3. The van der Waals surface area contributed by atoms with Gasteiger partial charge in [-0.15, -0.1) is 0 Å². The molecule has 2 atom stereocenters. The maximum atomic E-state index is 13.0. The zero-order valence-corrected chi connectivity index (χ0v) is 54.6. The van der Waals surface area contributed by atoms with Crippen molar-refractivity contribution in [3.63, 3.8) is 0 Å². The normalized spacial score (nSPS) is 12.2. The van der Waals surface area contributed by atoms with Crippen LogP contribution in [-0.2, 0) is 98.5 Å². The van der Waals surface area contributed by atoms with E-state index in [0.717, 1.165) is 25.7 Å². The van der Waals surface area contributed by atoms with E-state index in [4.69, 9.17) is 67.4 Å². The summed E-state index contributed by atoms with van der Waals surface area (Å²) >= 11 is 0. The fourth-order valence-electron chi connectivity index (χ4n) is 8.22. The molecule has 0 aliphatic rings. The van der Waals surface area contributed by atoms with Crippen molar-refractivity contribution in [2.24, 2.45) is 11.7 Å². The molecule has 0 aliphatic heterocycles. The lowest BCUT2D eigenvalue weighted by Crippen LogP contribution is -2.47. The molecule has 25 heteroatoms. The lowest BCUT2D eigenvalue weighted by atomic mass is 10.00. The molecule has 90 heavy (non-hydrogen) atoms. The molecular formula is C65H110N6O19. The van der Waals surface area contributed by atoms with Crippen LogP contribution in [0.5, 0.6) is 0 Å². The summed E-state index contributed by atoms with van der Waals surface area (Å²) in [6.07, 6.45) is 6.83. The van der Waals surface area contributed by atoms with Crippen LogP contribution in [0.1, 0.15) is 120 Å². The molecule has 2 unspecified atom stereocenters. The van der Waals surface area contributed by atoms with Gasteiger partial charge in [0.2, 0.25) is 23.6 Å². The summed E-state index contributed by atoms with van der Waals surface area (Å²) in [6, 6.07) is 15.8. The molecule has 4 amide bonds. The zero-order chi connectivity index (χ0) is 65.4. The molecule has 0 aliphatic carbocycles. The van der Waals surface area contributed by atoms with Crippen LogP contribution in [0.25, 0.3) is 0 Å². The molecule has 2 rings (SSSR count). The molecule has 0 bridgehead atoms. The monoisotopic (exact) mass is 1280 g/mol. The van der Waals surface area contributed by atoms with Crippen LogP contribution < -0.4 is 32.5 Å². The standard InChI is InChI=1S/C65H110N6O19/c1-53(2)52-55-22-20-54(21-23-55)14-13-19-59(72)67-27-12-10-18-58(64(77)89-65(3,4)5)71-61(74)25-31-79-35-39-83-42-44-85-46-48-87-50-51-88-49-47-86-45-43-84-40-36-80-32-28-68-62(75)57(17-9-11-26-66)70-60(73)24-30-78-34-38-82-41-37-81-33-29-69-90-63(76)56-15-7-6-8-16-56/h6-8,15-16,20-23,53,57-58,69H,9-14,17-19,24-52,66H2,1-5H3,(H,67,72)(H,68,75)(H,70,73)(H,71,74). The second-order valence-electron chi connectivity index (χ2n) is 22.3. The predicted octanol–water partition coefficient (Wildman–Crippen LogP) is 4.38. The Morgan fingerprint density at radius 3 is 1.36 bits per heavy atom. The maximum absolute atomic E-state index is 13.0. The third-order valence-electron chi connectivity index (χ3n) is 12.8. The van der Waals surface area contributed by atoms with E-state index in [-0.39, 0.29) is 62.8 Å². The van der Waals surface area contributed by atoms with Gasteiger partial charge < -0.3 is 88.7 Å². The molecule has 0 fully saturated rings. The Hall–Kier alpha value is -5.26. The highest BCUT2D eigenvalue weighted by Gasteiger charge is 2.26. The molecule has 7 N–H and O–H groups in total. The minimum atomic E-state index is -0.804. The second kappa shape index (κ2) is 55.4. The van der Waals surface area contributed by atoms with Crippen molar-refractivity contribution >= 4 is 35.6 Å². The number of nitrogens with two attached hydrogens (primary N) is 1. The van der Waals surface area contributed by atoms with Crippen LogP contribution in [-0.4, -0.2) is 225 Å². The van der Waals surface area contributed by atoms with E-state index in [2.05, 4.69) is 64.9 Å². The van der Waals surface area contributed by atoms with Crippen molar-refractivity contribution in [2.45, 2.75) is 129 Å². The molecule has 25 nitrogen and oxygen atoms in total. The van der Waals surface area contributed by atoms with Gasteiger partial charge in [-0.05, 0) is 114 Å². The van der Waals surface area contributed by atoms with Gasteiger partial charge in [0.1, 0.15) is 17.7 Å². The smallest absolute Gasteiger partial charge is 0.356 e. The first-order chi connectivity index (χ1) is 43.7. The van der Waals surface area contributed by atoms with Crippen LogP contribution in [0.3, 0.4) is 0 Å². The van der Waals surface area contributed by atoms with Gasteiger partial charge in [0.25, 0.3) is 0 Å². The van der Waals surface area contributed by atoms with E-state index < -0.39 is 29.6 Å². The van der Waals surface area contributed by atoms with Gasteiger partial charge in [-0.3, -0.25) is 19.2 Å². The Balaban J connectivity index is 1.35. The summed E-state index contributed by atoms with van der Waals surface area (Å²) in [5, 5.41) is 11.4. The fraction of sp³-hybridized carbons (Fsp3) is 0.723. The Morgan fingerprint density at radius 1 is 0.444 bits per heavy atom. The van der Waals surface area contributed by atoms with Gasteiger partial charge in [-0.2, -0.15) is 5.48 Å². The first kappa shape index (κ1) is 80.8. The number of hydroxylamine groups is 1. The summed E-state index contributed by atoms with van der Waals surface area (Å²) in [5.74, 6) is -1.24. The van der Waals surface area contributed by atoms with Crippen molar-refractivity contribution in [3.8, 4) is 0 Å². The van der Waals surface area contributed by atoms with E-state index in [9.17, 15) is 28.8 Å². The number of carbonyl (C=O) groups is 6. The maximum Gasteiger partial charge on any atom is 0.356 e. The van der Waals surface area contributed by atoms with Gasteiger partial charge in [0.15, 0.2) is 0 Å². The van der Waals surface area contributed by atoms with Crippen LogP contribution in [0.15, 0.2) is 54.6 Å². The number of ether oxygens (including phenoxy) is 12. The highest BCUT2D eigenvalue weighted by Crippen LogP contribution is 2.14. The summed E-state index contributed by atoms with van der Waals surface area (Å²) in [4.78, 5) is 80.5. The fourth-order valence-corrected chi connectivity index (χ4v) is 8.22. The van der Waals surface area contributed by atoms with Crippen LogP contribution >= 0.6 is 0 Å². The molecule has 2 aromatic rings. The SMILES string of the molecule is CC(C)Cc1ccc(CCCC(=O)NCCCCC(NC(=O)CCOCCOCCOCCOCCOCCOCCOCCOCCNC(=O)C(CCCCN)NC(=O)CCOCCOCCOCCNOC(=O)c2ccccc2)C(=O)OC(C)(C)C)cc1. The molecule has 0 saturated heterocycles. The van der Waals surface area contributed by atoms with Crippen LogP contribution in [0.4, 0.5) is 0 Å². The molecule has 0 heterocycles. The number of aryl methyl sites for hydroxylation is 1. The first-order valence-electron chi connectivity index (χ1n) is 32.1. The number of esters is 1. The molecule has 0 aromatic heterocycles. The van der Waals surface area contributed by atoms with Gasteiger partial charge in [0, 0.05) is 32.4 Å². The largest absolute Gasteiger partial charge is 0.458 e. The third kappa shape index (κ3) is 48.5. The molecular weight excluding hydrogens is 1170 g/mol. The number of hydrogen-bond acceptors (Lipinski definition) is 21. The van der Waals surface area contributed by atoms with E-state index in [1.165, 1.54) is 11.1 Å². The quantitative estimate of drug-likeness (QED) is 0.0304. The molecule has 2 aromatic carbocycles. The minimum Gasteiger partial charge on any atom is -0.458 e. The van der Waals surface area contributed by atoms with Gasteiger partial charge >= 0.3 is 11.9 Å². The van der Waals surface area contributed by atoms with E-state index in [1.54, 1.807) is 45.0 Å². The minimum absolute atomic E-state index is 0.00663. The third-order valence-corrected chi connectivity index (χ3v) is 12.8. The Morgan fingerprint density at radius 2 is 0.878 bits per heavy atom. The van der Waals surface area contributed by atoms with Gasteiger partial charge in [0.05, 0.1) is 157 Å². The predicted molar refractivity (Wildman–Crippen MR) is 339 cm³/mol. The Kier molecular flexibility index (Phi) is 49.7. The highest BCUT2D eigenvalue weighted by atomic mass is 16.7. The van der Waals surface area contributed by atoms with Crippen LogP contribution in [0, 0.1) is 5.92 Å². The van der Waals surface area contributed by atoms with Crippen molar-refractivity contribution in [1.82, 2.24) is 26.7 Å². The summed E-state index contributed by atoms with van der Waals surface area (Å²) < 4.78 is 66.4. The number of unbranched alkanes of at least 4 members (excludes halogenated alkanes) is 2. The average molecular weight is 1280 g/mol. The number of hydrogen-bond donors (Lipinski definition) is 6. The number of benzene rings is 2. The van der Waals surface area contributed by atoms with E-state index in [0.29, 0.717) is 195 Å². The zero-order valence-electron chi connectivity index (χ0n) is 54.6. The van der Waals surface area contributed by atoms with Gasteiger partial charge in [-0.25, -0.2) is 9.59 Å². The summed E-state index contributed by atoms with van der Waals surface area (Å²) in [7, 11) is 0. The topological polar surface area (TPSA) is 309 Å². The van der Waals surface area contributed by atoms with Gasteiger partial charge in [-0.1, -0.05) is 56.3 Å². The van der Waals surface area contributed by atoms with Crippen molar-refractivity contribution in [3.05, 3.63) is 71.3 Å². The number of amides is 4. The van der Waals surface area contributed by atoms with Crippen LogP contribution in [0.2, 0.25) is 0 Å². The summed E-state index contributed by atoms with van der Waals surface area (Å²) in [6.45, 7) is 19.0. The summed E-state index contributed by atoms with van der Waals surface area (Å²) in [5.41, 5.74) is 10.5. The molecule has 0 radical (unpaired) electrons. The lowest BCUT2D eigenvalue weighted by molar-refractivity contribution is -0.159. The lowest BCUT2D eigenvalue weighted by Gasteiger charge is -2.24. The number of rotatable bonds is 60. The number of nitrogens with one attached hydrogen (secondary N) is 5. The molecule has 514 valence electrons. The average Bonchev–Trinajstić information content (AvgIpc) is 3.58. The molecule has 0 saturated carbocycles. The Bertz CT molecular complexity index is 2120. The molecule has 0 spiro atoms. The highest BCUT2D eigenvalue weighted by molar-refractivity contribution is 5.89. The van der Waals surface area contributed by atoms with Crippen molar-refractivity contribution < 1.29 is 90.4 Å². The van der Waals surface area contributed by atoms with Crippen molar-refractivity contribution in [2.75, 3.05) is 172 Å².